The van der Waals surface area contributed by atoms with Gasteiger partial charge in [0, 0.05) is 26.1 Å². The number of ether oxygens (including phenoxy) is 1. The zero-order valence-corrected chi connectivity index (χ0v) is 12.6. The topological polar surface area (TPSA) is 41.6 Å². The molecule has 0 aromatic rings. The Hall–Kier alpha value is -0.610. The fourth-order valence-corrected chi connectivity index (χ4v) is 2.51. The highest BCUT2D eigenvalue weighted by Crippen LogP contribution is 2.11. The van der Waals surface area contributed by atoms with Crippen LogP contribution in [0.15, 0.2) is 0 Å². The van der Waals surface area contributed by atoms with Gasteiger partial charge in [-0.25, -0.2) is 0 Å². The Morgan fingerprint density at radius 1 is 1.26 bits per heavy atom. The molecule has 19 heavy (non-hydrogen) atoms. The minimum atomic E-state index is 0.159. The molecule has 1 fully saturated rings. The van der Waals surface area contributed by atoms with Crippen molar-refractivity contribution in [3.8, 4) is 0 Å². The maximum Gasteiger partial charge on any atom is 0.222 e. The Labute approximate surface area is 117 Å². The first kappa shape index (κ1) is 16.4. The van der Waals surface area contributed by atoms with Gasteiger partial charge in [-0.1, -0.05) is 39.0 Å². The summed E-state index contributed by atoms with van der Waals surface area (Å²) in [5.74, 6) is 0.305. The lowest BCUT2D eigenvalue weighted by Gasteiger charge is -2.33. The molecule has 1 amide bonds. The van der Waals surface area contributed by atoms with Crippen molar-refractivity contribution >= 4 is 5.91 Å². The molecular weight excluding hydrogens is 240 g/mol. The van der Waals surface area contributed by atoms with Gasteiger partial charge in [0.15, 0.2) is 0 Å². The number of nitrogens with zero attached hydrogens (tertiary/aromatic N) is 1. The summed E-state index contributed by atoms with van der Waals surface area (Å²) in [4.78, 5) is 14.1. The number of amides is 1. The molecule has 4 nitrogen and oxygen atoms in total. The Morgan fingerprint density at radius 3 is 2.74 bits per heavy atom. The van der Waals surface area contributed by atoms with Crippen LogP contribution in [0.5, 0.6) is 0 Å². The maximum atomic E-state index is 12.1. The van der Waals surface area contributed by atoms with E-state index in [-0.39, 0.29) is 6.10 Å². The van der Waals surface area contributed by atoms with Gasteiger partial charge in [-0.3, -0.25) is 4.79 Å². The van der Waals surface area contributed by atoms with E-state index in [4.69, 9.17) is 4.74 Å². The summed E-state index contributed by atoms with van der Waals surface area (Å²) >= 11 is 0. The van der Waals surface area contributed by atoms with Gasteiger partial charge in [0.25, 0.3) is 0 Å². The first-order valence-corrected chi connectivity index (χ1v) is 7.82. The van der Waals surface area contributed by atoms with Crippen molar-refractivity contribution in [2.75, 3.05) is 33.3 Å². The molecule has 1 aliphatic heterocycles. The number of carbonyl (C=O) groups excluding carboxylic acids is 1. The van der Waals surface area contributed by atoms with Crippen LogP contribution in [-0.4, -0.2) is 50.2 Å². The average molecular weight is 270 g/mol. The molecule has 0 aromatic heterocycles. The summed E-state index contributed by atoms with van der Waals surface area (Å²) in [6.45, 7) is 5.23. The molecule has 0 radical (unpaired) electrons. The van der Waals surface area contributed by atoms with Gasteiger partial charge in [0.05, 0.1) is 12.7 Å². The Kier molecular flexibility index (Phi) is 8.84. The Balaban J connectivity index is 2.11. The van der Waals surface area contributed by atoms with Gasteiger partial charge in [-0.2, -0.15) is 0 Å². The predicted octanol–water partition coefficient (Wildman–Crippen LogP) is 2.18. The molecule has 1 heterocycles. The molecule has 0 saturated carbocycles. The van der Waals surface area contributed by atoms with Gasteiger partial charge < -0.3 is 15.0 Å². The van der Waals surface area contributed by atoms with Crippen LogP contribution >= 0.6 is 0 Å². The first-order chi connectivity index (χ1) is 9.27. The highest BCUT2D eigenvalue weighted by atomic mass is 16.5. The third kappa shape index (κ3) is 6.92. The largest absolute Gasteiger partial charge is 0.373 e. The fraction of sp³-hybridized carbons (Fsp3) is 0.933. The molecule has 0 spiro atoms. The monoisotopic (exact) mass is 270 g/mol. The van der Waals surface area contributed by atoms with Gasteiger partial charge in [-0.05, 0) is 13.5 Å². The lowest BCUT2D eigenvalue weighted by molar-refractivity contribution is -0.138. The first-order valence-electron chi connectivity index (χ1n) is 7.82. The molecule has 0 bridgehead atoms. The zero-order valence-electron chi connectivity index (χ0n) is 12.6. The van der Waals surface area contributed by atoms with Crippen molar-refractivity contribution in [2.24, 2.45) is 0 Å². The molecule has 112 valence electrons. The van der Waals surface area contributed by atoms with E-state index in [0.29, 0.717) is 18.9 Å². The highest BCUT2D eigenvalue weighted by molar-refractivity contribution is 5.76. The quantitative estimate of drug-likeness (QED) is 0.653. The number of hydrogen-bond acceptors (Lipinski definition) is 3. The van der Waals surface area contributed by atoms with E-state index in [1.807, 2.05) is 11.9 Å². The van der Waals surface area contributed by atoms with E-state index in [0.717, 1.165) is 26.1 Å². The number of unbranched alkanes of at least 4 members (excludes halogenated alkanes) is 5. The minimum absolute atomic E-state index is 0.159. The molecule has 1 rings (SSSR count). The molecular formula is C15H30N2O2. The molecule has 4 heteroatoms. The lowest BCUT2D eigenvalue weighted by Crippen LogP contribution is -2.48. The van der Waals surface area contributed by atoms with E-state index in [1.54, 1.807) is 0 Å². The van der Waals surface area contributed by atoms with Crippen LogP contribution in [0.2, 0.25) is 0 Å². The van der Waals surface area contributed by atoms with Gasteiger partial charge in [0.2, 0.25) is 5.91 Å². The molecule has 1 atom stereocenters. The summed E-state index contributed by atoms with van der Waals surface area (Å²) in [7, 11) is 1.92. The van der Waals surface area contributed by atoms with E-state index in [9.17, 15) is 4.79 Å². The predicted molar refractivity (Wildman–Crippen MR) is 78.2 cm³/mol. The minimum Gasteiger partial charge on any atom is -0.373 e. The Bertz CT molecular complexity index is 244. The van der Waals surface area contributed by atoms with Gasteiger partial charge in [-0.15, -0.1) is 0 Å². The number of carbonyl (C=O) groups is 1. The summed E-state index contributed by atoms with van der Waals surface area (Å²) in [6, 6.07) is 0. The molecule has 1 N–H and O–H groups in total. The van der Waals surface area contributed by atoms with Crippen molar-refractivity contribution < 1.29 is 9.53 Å². The van der Waals surface area contributed by atoms with Crippen molar-refractivity contribution in [1.29, 1.82) is 0 Å². The number of morpholine rings is 1. The smallest absolute Gasteiger partial charge is 0.222 e. The average Bonchev–Trinajstić information content (AvgIpc) is 2.43. The second-order valence-corrected chi connectivity index (χ2v) is 5.41. The highest BCUT2D eigenvalue weighted by Gasteiger charge is 2.23. The summed E-state index contributed by atoms with van der Waals surface area (Å²) < 4.78 is 5.61. The van der Waals surface area contributed by atoms with Gasteiger partial charge >= 0.3 is 0 Å². The van der Waals surface area contributed by atoms with Crippen molar-refractivity contribution in [3.63, 3.8) is 0 Å². The van der Waals surface area contributed by atoms with E-state index in [2.05, 4.69) is 12.2 Å². The van der Waals surface area contributed by atoms with Crippen LogP contribution in [0.25, 0.3) is 0 Å². The Morgan fingerprint density at radius 2 is 2.00 bits per heavy atom. The molecule has 1 unspecified atom stereocenters. The SMILES string of the molecule is CCCCCCCCC(=O)N1CCOC(CNC)C1. The van der Waals surface area contributed by atoms with Crippen LogP contribution < -0.4 is 5.32 Å². The van der Waals surface area contributed by atoms with E-state index < -0.39 is 0 Å². The lowest BCUT2D eigenvalue weighted by atomic mass is 10.1. The standard InChI is InChI=1S/C15H30N2O2/c1-3-4-5-6-7-8-9-15(18)17-10-11-19-14(13-17)12-16-2/h14,16H,3-13H2,1-2H3. The number of rotatable bonds is 9. The van der Waals surface area contributed by atoms with Crippen LogP contribution in [0.1, 0.15) is 51.9 Å². The summed E-state index contributed by atoms with van der Waals surface area (Å²) in [5, 5.41) is 3.11. The number of hydrogen-bond donors (Lipinski definition) is 1. The van der Waals surface area contributed by atoms with Gasteiger partial charge in [0.1, 0.15) is 0 Å². The van der Waals surface area contributed by atoms with E-state index >= 15 is 0 Å². The van der Waals surface area contributed by atoms with Crippen LogP contribution in [0.3, 0.4) is 0 Å². The molecule has 0 aliphatic carbocycles. The third-order valence-electron chi connectivity index (χ3n) is 3.67. The third-order valence-corrected chi connectivity index (χ3v) is 3.67. The number of nitrogens with one attached hydrogen (secondary N) is 1. The van der Waals surface area contributed by atoms with Crippen LogP contribution in [-0.2, 0) is 9.53 Å². The number of likely N-dealkylation sites (N-methyl/N-ethyl adjacent to an activating group) is 1. The maximum absolute atomic E-state index is 12.1. The van der Waals surface area contributed by atoms with Crippen molar-refractivity contribution in [1.82, 2.24) is 10.2 Å². The van der Waals surface area contributed by atoms with Crippen LogP contribution in [0, 0.1) is 0 Å². The molecule has 1 saturated heterocycles. The fourth-order valence-electron chi connectivity index (χ4n) is 2.51. The van der Waals surface area contributed by atoms with Crippen molar-refractivity contribution in [2.45, 2.75) is 58.0 Å². The second-order valence-electron chi connectivity index (χ2n) is 5.41. The second kappa shape index (κ2) is 10.2. The van der Waals surface area contributed by atoms with Crippen LogP contribution in [0.4, 0.5) is 0 Å². The summed E-state index contributed by atoms with van der Waals surface area (Å²) in [5.41, 5.74) is 0. The normalized spacial score (nSPS) is 19.7. The zero-order chi connectivity index (χ0) is 13.9. The summed E-state index contributed by atoms with van der Waals surface area (Å²) in [6.07, 6.45) is 8.28. The van der Waals surface area contributed by atoms with E-state index in [1.165, 1.54) is 32.1 Å². The molecule has 1 aliphatic rings. The molecule has 0 aromatic carbocycles. The van der Waals surface area contributed by atoms with Crippen molar-refractivity contribution in [3.05, 3.63) is 0 Å².